The predicted octanol–water partition coefficient (Wildman–Crippen LogP) is 1.81. The van der Waals surface area contributed by atoms with E-state index in [2.05, 4.69) is 20.1 Å². The number of rotatable bonds is 4. The minimum atomic E-state index is -0.936. The molecule has 106 valence electrons. The molecule has 1 amide bonds. The highest BCUT2D eigenvalue weighted by atomic mass is 16.6. The minimum absolute atomic E-state index is 0.144. The van der Waals surface area contributed by atoms with E-state index in [1.54, 1.807) is 25.1 Å². The summed E-state index contributed by atoms with van der Waals surface area (Å²) in [5.41, 5.74) is 3.04. The van der Waals surface area contributed by atoms with Crippen molar-refractivity contribution in [3.8, 4) is 5.75 Å². The molecule has 2 aromatic rings. The van der Waals surface area contributed by atoms with E-state index in [9.17, 15) is 10.0 Å². The number of hydrogen-bond donors (Lipinski definition) is 2. The van der Waals surface area contributed by atoms with E-state index in [-0.39, 0.29) is 17.6 Å². The number of carbonyl (C=O) groups excluding carboxylic acids is 1. The number of fused-ring (bicyclic) bond motifs is 1. The molecule has 20 heavy (non-hydrogen) atoms. The van der Waals surface area contributed by atoms with Crippen LogP contribution in [-0.4, -0.2) is 40.2 Å². The first kappa shape index (κ1) is 13.8. The fourth-order valence-electron chi connectivity index (χ4n) is 1.66. The molecule has 0 aliphatic carbocycles. The zero-order valence-electron chi connectivity index (χ0n) is 11.0. The number of nitrogens with zero attached hydrogens (tertiary/aromatic N) is 3. The Labute approximate surface area is 114 Å². The lowest BCUT2D eigenvalue weighted by molar-refractivity contribution is -0.0528. The molecule has 0 fully saturated rings. The second kappa shape index (κ2) is 6.02. The molecular formula is C12H14N4O4. The van der Waals surface area contributed by atoms with E-state index in [0.717, 1.165) is 0 Å². The van der Waals surface area contributed by atoms with E-state index < -0.39 is 6.09 Å². The number of hydrazine groups is 1. The Bertz CT molecular complexity index is 614. The van der Waals surface area contributed by atoms with Crippen molar-refractivity contribution in [2.24, 2.45) is 0 Å². The summed E-state index contributed by atoms with van der Waals surface area (Å²) in [6.45, 7) is 1.78. The average molecular weight is 278 g/mol. The summed E-state index contributed by atoms with van der Waals surface area (Å²) in [5, 5.41) is 10.3. The molecular weight excluding hydrogens is 264 g/mol. The van der Waals surface area contributed by atoms with Gasteiger partial charge in [0.1, 0.15) is 12.1 Å². The Morgan fingerprint density at radius 3 is 2.95 bits per heavy atom. The van der Waals surface area contributed by atoms with Gasteiger partial charge in [-0.25, -0.2) is 14.8 Å². The summed E-state index contributed by atoms with van der Waals surface area (Å²) in [6.07, 6.45) is 0.373. The van der Waals surface area contributed by atoms with Gasteiger partial charge >= 0.3 is 6.09 Å². The largest absolute Gasteiger partial charge is 0.496 e. The lowest BCUT2D eigenvalue weighted by Gasteiger charge is -2.17. The zero-order valence-corrected chi connectivity index (χ0v) is 11.0. The van der Waals surface area contributed by atoms with Crippen molar-refractivity contribution in [2.45, 2.75) is 6.92 Å². The smallest absolute Gasteiger partial charge is 0.453 e. The van der Waals surface area contributed by atoms with Crippen LogP contribution in [0.5, 0.6) is 5.75 Å². The summed E-state index contributed by atoms with van der Waals surface area (Å²) in [6, 6.07) is 5.26. The van der Waals surface area contributed by atoms with Gasteiger partial charge in [-0.3, -0.25) is 10.6 Å². The normalized spacial score (nSPS) is 10.2. The molecule has 0 bridgehead atoms. The van der Waals surface area contributed by atoms with Crippen LogP contribution in [0.15, 0.2) is 24.5 Å². The van der Waals surface area contributed by atoms with Gasteiger partial charge in [0.15, 0.2) is 5.82 Å². The molecule has 1 heterocycles. The van der Waals surface area contributed by atoms with Crippen LogP contribution in [0.2, 0.25) is 0 Å². The molecule has 2 N–H and O–H groups in total. The number of anilines is 1. The van der Waals surface area contributed by atoms with E-state index >= 15 is 0 Å². The van der Waals surface area contributed by atoms with Crippen LogP contribution in [0.25, 0.3) is 10.9 Å². The second-order valence-corrected chi connectivity index (χ2v) is 3.70. The number of aromatic nitrogens is 2. The van der Waals surface area contributed by atoms with Crippen LogP contribution in [0.4, 0.5) is 10.6 Å². The maximum absolute atomic E-state index is 11.4. The summed E-state index contributed by atoms with van der Waals surface area (Å²) in [7, 11) is 1.51. The van der Waals surface area contributed by atoms with Crippen LogP contribution < -0.4 is 10.2 Å². The number of methoxy groups -OCH3 is 1. The van der Waals surface area contributed by atoms with Crippen molar-refractivity contribution >= 4 is 22.8 Å². The van der Waals surface area contributed by atoms with Gasteiger partial charge in [-0.1, -0.05) is 11.2 Å². The number of hydrogen-bond acceptors (Lipinski definition) is 7. The van der Waals surface area contributed by atoms with Gasteiger partial charge in [-0.05, 0) is 19.1 Å². The zero-order chi connectivity index (χ0) is 14.5. The molecule has 0 unspecified atom stereocenters. The van der Waals surface area contributed by atoms with E-state index in [0.29, 0.717) is 16.7 Å². The maximum atomic E-state index is 11.4. The first-order valence-electron chi connectivity index (χ1n) is 5.87. The van der Waals surface area contributed by atoms with Gasteiger partial charge in [0.2, 0.25) is 0 Å². The Morgan fingerprint density at radius 1 is 1.45 bits per heavy atom. The number of benzene rings is 1. The maximum Gasteiger partial charge on any atom is 0.453 e. The molecule has 8 nitrogen and oxygen atoms in total. The van der Waals surface area contributed by atoms with E-state index in [1.165, 1.54) is 13.4 Å². The third-order valence-electron chi connectivity index (χ3n) is 2.50. The monoisotopic (exact) mass is 278 g/mol. The van der Waals surface area contributed by atoms with Gasteiger partial charge in [0.05, 0.1) is 24.6 Å². The van der Waals surface area contributed by atoms with Crippen LogP contribution in [0.1, 0.15) is 6.92 Å². The predicted molar refractivity (Wildman–Crippen MR) is 70.4 cm³/mol. The Morgan fingerprint density at radius 2 is 2.25 bits per heavy atom. The van der Waals surface area contributed by atoms with Gasteiger partial charge in [0, 0.05) is 0 Å². The SMILES string of the molecule is CCOC(=O)N(O)Nc1ncnc2cccc(OC)c12. The Kier molecular flexibility index (Phi) is 4.16. The van der Waals surface area contributed by atoms with Crippen LogP contribution in [0.3, 0.4) is 0 Å². The van der Waals surface area contributed by atoms with Crippen LogP contribution in [-0.2, 0) is 4.74 Å². The van der Waals surface area contributed by atoms with Crippen molar-refractivity contribution in [3.63, 3.8) is 0 Å². The molecule has 1 aromatic heterocycles. The third kappa shape index (κ3) is 2.69. The molecule has 0 saturated carbocycles. The van der Waals surface area contributed by atoms with Crippen molar-refractivity contribution in [2.75, 3.05) is 19.1 Å². The molecule has 0 saturated heterocycles. The van der Waals surface area contributed by atoms with Crippen molar-refractivity contribution in [1.29, 1.82) is 0 Å². The Hall–Kier alpha value is -2.61. The van der Waals surface area contributed by atoms with Gasteiger partial charge in [0.25, 0.3) is 0 Å². The van der Waals surface area contributed by atoms with Gasteiger partial charge in [-0.2, -0.15) is 0 Å². The summed E-state index contributed by atoms with van der Waals surface area (Å²) >= 11 is 0. The molecule has 1 aromatic carbocycles. The highest BCUT2D eigenvalue weighted by Gasteiger charge is 2.16. The lowest BCUT2D eigenvalue weighted by atomic mass is 10.2. The van der Waals surface area contributed by atoms with E-state index in [1.807, 2.05) is 0 Å². The van der Waals surface area contributed by atoms with Crippen LogP contribution in [0, 0.1) is 0 Å². The minimum Gasteiger partial charge on any atom is -0.496 e. The molecule has 2 rings (SSSR count). The molecule has 0 spiro atoms. The highest BCUT2D eigenvalue weighted by molar-refractivity contribution is 5.94. The number of amides is 1. The molecule has 8 heteroatoms. The standard InChI is InChI=1S/C12H14N4O4/c1-3-20-12(17)16(18)15-11-10-8(13-7-14-11)5-4-6-9(10)19-2/h4-7,18H,3H2,1-2H3,(H,13,14,15). The van der Waals surface area contributed by atoms with Crippen molar-refractivity contribution in [3.05, 3.63) is 24.5 Å². The van der Waals surface area contributed by atoms with E-state index in [4.69, 9.17) is 4.74 Å². The fraction of sp³-hybridized carbons (Fsp3) is 0.250. The Balaban J connectivity index is 2.37. The fourth-order valence-corrected chi connectivity index (χ4v) is 1.66. The molecule has 0 atom stereocenters. The molecule has 0 aliphatic heterocycles. The van der Waals surface area contributed by atoms with Gasteiger partial charge < -0.3 is 9.47 Å². The van der Waals surface area contributed by atoms with Crippen molar-refractivity contribution < 1.29 is 19.5 Å². The number of hydroxylamine groups is 1. The lowest BCUT2D eigenvalue weighted by Crippen LogP contribution is -2.34. The summed E-state index contributed by atoms with van der Waals surface area (Å²) < 4.78 is 9.87. The van der Waals surface area contributed by atoms with Gasteiger partial charge in [-0.15, -0.1) is 0 Å². The van der Waals surface area contributed by atoms with Crippen molar-refractivity contribution in [1.82, 2.24) is 15.1 Å². The highest BCUT2D eigenvalue weighted by Crippen LogP contribution is 2.29. The third-order valence-corrected chi connectivity index (χ3v) is 2.50. The summed E-state index contributed by atoms with van der Waals surface area (Å²) in [4.78, 5) is 19.4. The molecule has 0 aliphatic rings. The number of carbonyl (C=O) groups is 1. The van der Waals surface area contributed by atoms with Crippen LogP contribution >= 0.6 is 0 Å². The topological polar surface area (TPSA) is 96.8 Å². The quantitative estimate of drug-likeness (QED) is 0.650. The average Bonchev–Trinajstić information content (AvgIpc) is 2.47. The first-order chi connectivity index (χ1) is 9.67. The summed E-state index contributed by atoms with van der Waals surface area (Å²) in [5.74, 6) is 0.742. The first-order valence-corrected chi connectivity index (χ1v) is 5.87. The second-order valence-electron chi connectivity index (χ2n) is 3.70. The molecule has 0 radical (unpaired) electrons. The number of nitrogens with one attached hydrogen (secondary N) is 1. The number of ether oxygens (including phenoxy) is 2.